The number of hydrogen-bond donors (Lipinski definition) is 0. The van der Waals surface area contributed by atoms with Gasteiger partial charge >= 0.3 is 0 Å². The van der Waals surface area contributed by atoms with Crippen molar-refractivity contribution in [3.63, 3.8) is 0 Å². The maximum atomic E-state index is 14.1. The van der Waals surface area contributed by atoms with E-state index < -0.39 is 12.0 Å². The van der Waals surface area contributed by atoms with Crippen molar-refractivity contribution in [3.8, 4) is 5.75 Å². The molecule has 10 heteroatoms. The first-order valence-corrected chi connectivity index (χ1v) is 14.0. The fraction of sp³-hybridized carbons (Fsp3) is 0.300. The van der Waals surface area contributed by atoms with E-state index in [1.807, 2.05) is 68.4 Å². The Kier molecular flexibility index (Phi) is 7.53. The normalized spacial score (nSPS) is 18.9. The van der Waals surface area contributed by atoms with E-state index >= 15 is 0 Å². The largest absolute Gasteiger partial charge is 0.496 e. The van der Waals surface area contributed by atoms with E-state index in [4.69, 9.17) is 9.73 Å². The van der Waals surface area contributed by atoms with E-state index in [0.717, 1.165) is 0 Å². The van der Waals surface area contributed by atoms with Gasteiger partial charge < -0.3 is 9.64 Å². The third kappa shape index (κ3) is 4.58. The van der Waals surface area contributed by atoms with Crippen molar-refractivity contribution in [1.82, 2.24) is 9.47 Å². The number of aromatic nitrogens is 1. The Morgan fingerprint density at radius 1 is 1.05 bits per heavy atom. The van der Waals surface area contributed by atoms with Gasteiger partial charge in [0.15, 0.2) is 4.80 Å². The van der Waals surface area contributed by atoms with Crippen LogP contribution in [0, 0.1) is 5.92 Å². The molecule has 0 saturated carbocycles. The van der Waals surface area contributed by atoms with Crippen molar-refractivity contribution in [2.45, 2.75) is 33.7 Å². The average Bonchev–Trinajstić information content (AvgIpc) is 3.43. The Labute approximate surface area is 236 Å². The van der Waals surface area contributed by atoms with Gasteiger partial charge in [0, 0.05) is 18.7 Å². The summed E-state index contributed by atoms with van der Waals surface area (Å²) in [5.74, 6) is -0.536. The number of thiazole rings is 1. The Hall–Kier alpha value is -4.31. The second kappa shape index (κ2) is 11.1. The van der Waals surface area contributed by atoms with Crippen molar-refractivity contribution in [3.05, 3.63) is 91.1 Å². The zero-order valence-electron chi connectivity index (χ0n) is 23.1. The number of nitrogens with zero attached hydrogens (tertiary/aromatic N) is 5. The second-order valence-electron chi connectivity index (χ2n) is 9.53. The SMILES string of the molecule is CCN(CC)C(=O)C1=C(C)N=c2s/c(=C\[C@@H]3C(=O)N(c4ccccc4)N=C3C)c(=O)n2[C@@H]1c1ccccc1OC. The number of benzene rings is 2. The monoisotopic (exact) mass is 557 g/mol. The fourth-order valence-electron chi connectivity index (χ4n) is 5.15. The molecule has 0 saturated heterocycles. The molecular formula is C30H31N5O4S. The van der Waals surface area contributed by atoms with Crippen LogP contribution < -0.4 is 24.6 Å². The van der Waals surface area contributed by atoms with E-state index in [2.05, 4.69) is 5.10 Å². The lowest BCUT2D eigenvalue weighted by atomic mass is 9.94. The van der Waals surface area contributed by atoms with Crippen LogP contribution in [-0.2, 0) is 9.59 Å². The molecule has 2 amide bonds. The summed E-state index contributed by atoms with van der Waals surface area (Å²) in [6.45, 7) is 8.47. The Bertz CT molecular complexity index is 1720. The minimum absolute atomic E-state index is 0.177. The Morgan fingerprint density at radius 3 is 2.40 bits per heavy atom. The number of likely N-dealkylation sites (N-methyl/N-ethyl adjacent to an activating group) is 1. The molecule has 0 spiro atoms. The third-order valence-corrected chi connectivity index (χ3v) is 8.24. The molecule has 3 aromatic rings. The molecular weight excluding hydrogens is 526 g/mol. The molecule has 2 aliphatic heterocycles. The molecule has 1 aromatic heterocycles. The molecule has 5 rings (SSSR count). The number of hydrogen-bond acceptors (Lipinski definition) is 7. The summed E-state index contributed by atoms with van der Waals surface area (Å²) in [5, 5.41) is 5.84. The van der Waals surface area contributed by atoms with E-state index in [-0.39, 0.29) is 17.4 Å². The summed E-state index contributed by atoms with van der Waals surface area (Å²) in [6.07, 6.45) is 1.67. The maximum Gasteiger partial charge on any atom is 0.270 e. The number of methoxy groups -OCH3 is 1. The van der Waals surface area contributed by atoms with Crippen LogP contribution in [0.3, 0.4) is 0 Å². The molecule has 206 valence electrons. The van der Waals surface area contributed by atoms with Gasteiger partial charge in [0.1, 0.15) is 17.7 Å². The van der Waals surface area contributed by atoms with E-state index in [1.165, 1.54) is 16.3 Å². The van der Waals surface area contributed by atoms with Gasteiger partial charge in [-0.05, 0) is 52.0 Å². The van der Waals surface area contributed by atoms with Crippen LogP contribution in [0.4, 0.5) is 5.69 Å². The smallest absolute Gasteiger partial charge is 0.270 e. The number of carbonyl (C=O) groups is 2. The molecule has 2 aliphatic rings. The molecule has 2 aromatic carbocycles. The minimum Gasteiger partial charge on any atom is -0.496 e. The van der Waals surface area contributed by atoms with Gasteiger partial charge in [-0.15, -0.1) is 0 Å². The molecule has 0 unspecified atom stereocenters. The van der Waals surface area contributed by atoms with Crippen LogP contribution in [0.15, 0.2) is 80.8 Å². The Morgan fingerprint density at radius 2 is 1.73 bits per heavy atom. The van der Waals surface area contributed by atoms with Crippen molar-refractivity contribution in [2.75, 3.05) is 25.2 Å². The lowest BCUT2D eigenvalue weighted by Crippen LogP contribution is -2.43. The number of rotatable bonds is 7. The van der Waals surface area contributed by atoms with Crippen molar-refractivity contribution in [1.29, 1.82) is 0 Å². The predicted octanol–water partition coefficient (Wildman–Crippen LogP) is 3.10. The van der Waals surface area contributed by atoms with Crippen molar-refractivity contribution < 1.29 is 14.3 Å². The second-order valence-corrected chi connectivity index (χ2v) is 10.5. The summed E-state index contributed by atoms with van der Waals surface area (Å²) < 4.78 is 7.58. The van der Waals surface area contributed by atoms with Gasteiger partial charge in [0.2, 0.25) is 0 Å². The standard InChI is InChI=1S/C30H31N5O4S/c1-6-33(7-2)29(38)25-19(4)31-30-34(26(25)21-15-11-12-16-23(21)39-5)28(37)24(40-30)17-22-18(3)32-35(27(22)36)20-13-9-8-10-14-20/h8-17,22,26H,6-7H2,1-5H3/b24-17-/t22-,26+/m0/s1. The topological polar surface area (TPSA) is 96.6 Å². The highest BCUT2D eigenvalue weighted by atomic mass is 32.1. The van der Waals surface area contributed by atoms with Crippen LogP contribution in [-0.4, -0.2) is 47.2 Å². The molecule has 0 N–H and O–H groups in total. The van der Waals surface area contributed by atoms with E-state index in [1.54, 1.807) is 36.5 Å². The predicted molar refractivity (Wildman–Crippen MR) is 156 cm³/mol. The highest BCUT2D eigenvalue weighted by Crippen LogP contribution is 2.36. The maximum absolute atomic E-state index is 14.1. The first kappa shape index (κ1) is 27.3. The summed E-state index contributed by atoms with van der Waals surface area (Å²) in [5.41, 5.74) is 2.59. The van der Waals surface area contributed by atoms with E-state index in [9.17, 15) is 14.4 Å². The third-order valence-electron chi connectivity index (χ3n) is 7.24. The number of hydrazone groups is 1. The summed E-state index contributed by atoms with van der Waals surface area (Å²) in [4.78, 5) is 48.1. The number of carbonyl (C=O) groups excluding carboxylic acids is 2. The van der Waals surface area contributed by atoms with Crippen LogP contribution in [0.2, 0.25) is 0 Å². The van der Waals surface area contributed by atoms with Gasteiger partial charge in [-0.25, -0.2) is 4.99 Å². The minimum atomic E-state index is -0.738. The van der Waals surface area contributed by atoms with Crippen LogP contribution in [0.1, 0.15) is 39.3 Å². The van der Waals surface area contributed by atoms with Gasteiger partial charge in [0.05, 0.1) is 34.3 Å². The molecule has 0 fully saturated rings. The summed E-state index contributed by atoms with van der Waals surface area (Å²) in [7, 11) is 1.57. The molecule has 3 heterocycles. The van der Waals surface area contributed by atoms with Gasteiger partial charge in [-0.3, -0.25) is 19.0 Å². The van der Waals surface area contributed by atoms with Gasteiger partial charge in [0.25, 0.3) is 17.4 Å². The highest BCUT2D eigenvalue weighted by Gasteiger charge is 2.37. The highest BCUT2D eigenvalue weighted by molar-refractivity contribution is 7.07. The van der Waals surface area contributed by atoms with E-state index in [0.29, 0.717) is 56.4 Å². The van der Waals surface area contributed by atoms with Crippen LogP contribution in [0.25, 0.3) is 6.08 Å². The van der Waals surface area contributed by atoms with Crippen LogP contribution in [0.5, 0.6) is 5.75 Å². The summed E-state index contributed by atoms with van der Waals surface area (Å²) in [6, 6.07) is 15.8. The number of allylic oxidation sites excluding steroid dienone is 1. The first-order chi connectivity index (χ1) is 19.3. The number of anilines is 1. The quantitative estimate of drug-likeness (QED) is 0.446. The number of para-hydroxylation sites is 2. The van der Waals surface area contributed by atoms with Crippen LogP contribution >= 0.6 is 11.3 Å². The Balaban J connectivity index is 1.67. The van der Waals surface area contributed by atoms with Crippen molar-refractivity contribution in [2.24, 2.45) is 16.0 Å². The lowest BCUT2D eigenvalue weighted by Gasteiger charge is -2.29. The number of ether oxygens (including phenoxy) is 1. The molecule has 9 nitrogen and oxygen atoms in total. The fourth-order valence-corrected chi connectivity index (χ4v) is 6.21. The summed E-state index contributed by atoms with van der Waals surface area (Å²) >= 11 is 1.20. The number of amides is 2. The molecule has 0 aliphatic carbocycles. The first-order valence-electron chi connectivity index (χ1n) is 13.2. The lowest BCUT2D eigenvalue weighted by molar-refractivity contribution is -0.127. The molecule has 0 radical (unpaired) electrons. The number of fused-ring (bicyclic) bond motifs is 1. The van der Waals surface area contributed by atoms with Gasteiger partial charge in [-0.1, -0.05) is 47.7 Å². The van der Waals surface area contributed by atoms with Gasteiger partial charge in [-0.2, -0.15) is 10.1 Å². The molecule has 0 bridgehead atoms. The average molecular weight is 558 g/mol. The van der Waals surface area contributed by atoms with Crippen molar-refractivity contribution >= 4 is 40.6 Å². The molecule has 40 heavy (non-hydrogen) atoms. The molecule has 2 atom stereocenters. The zero-order chi connectivity index (χ0) is 28.6. The zero-order valence-corrected chi connectivity index (χ0v) is 23.9.